The molecule has 3 atom stereocenters. The van der Waals surface area contributed by atoms with Crippen molar-refractivity contribution < 1.29 is 9.59 Å². The molecule has 3 unspecified atom stereocenters. The standard InChI is InChI=1S/C17H29N3O2/c1-16(2)12-6-7-17(16,3)13(10-12)19-15(22)18-11-14(21)20-8-4-5-9-20/h12-13H,4-11H2,1-3H3,(H2,18,19,22). The molecule has 0 radical (unpaired) electrons. The number of nitrogens with zero attached hydrogens (tertiary/aromatic N) is 1. The average Bonchev–Trinajstić information content (AvgIpc) is 3.11. The number of rotatable bonds is 3. The summed E-state index contributed by atoms with van der Waals surface area (Å²) in [6.07, 6.45) is 5.68. The Hall–Kier alpha value is -1.26. The van der Waals surface area contributed by atoms with Gasteiger partial charge in [-0.1, -0.05) is 20.8 Å². The predicted molar refractivity (Wildman–Crippen MR) is 85.4 cm³/mol. The number of fused-ring (bicyclic) bond motifs is 2. The molecule has 2 bridgehead atoms. The van der Waals surface area contributed by atoms with Gasteiger partial charge in [0.15, 0.2) is 0 Å². The summed E-state index contributed by atoms with van der Waals surface area (Å²) < 4.78 is 0. The minimum absolute atomic E-state index is 0.0344. The van der Waals surface area contributed by atoms with Crippen molar-refractivity contribution in [2.75, 3.05) is 19.6 Å². The molecule has 1 heterocycles. The van der Waals surface area contributed by atoms with Crippen LogP contribution in [0.3, 0.4) is 0 Å². The highest BCUT2D eigenvalue weighted by atomic mass is 16.2. The van der Waals surface area contributed by atoms with Crippen LogP contribution in [-0.2, 0) is 4.79 Å². The fourth-order valence-electron chi connectivity index (χ4n) is 4.87. The first kappa shape index (κ1) is 15.6. The Morgan fingerprint density at radius 3 is 2.41 bits per heavy atom. The van der Waals surface area contributed by atoms with E-state index in [1.165, 1.54) is 12.8 Å². The van der Waals surface area contributed by atoms with Crippen LogP contribution in [-0.4, -0.2) is 42.5 Å². The van der Waals surface area contributed by atoms with Crippen LogP contribution >= 0.6 is 0 Å². The zero-order valence-corrected chi connectivity index (χ0v) is 14.1. The van der Waals surface area contributed by atoms with E-state index in [0.717, 1.165) is 32.4 Å². The second kappa shape index (κ2) is 5.43. The molecule has 0 aromatic rings. The van der Waals surface area contributed by atoms with Crippen molar-refractivity contribution in [3.8, 4) is 0 Å². The van der Waals surface area contributed by atoms with Crippen LogP contribution in [0.2, 0.25) is 0 Å². The van der Waals surface area contributed by atoms with Crippen LogP contribution < -0.4 is 10.6 Å². The van der Waals surface area contributed by atoms with Crippen molar-refractivity contribution in [2.24, 2.45) is 16.7 Å². The SMILES string of the molecule is CC1(C)C2CCC1(C)C(NC(=O)NCC(=O)N1CCCC1)C2. The van der Waals surface area contributed by atoms with Crippen molar-refractivity contribution in [3.63, 3.8) is 0 Å². The van der Waals surface area contributed by atoms with E-state index >= 15 is 0 Å². The van der Waals surface area contributed by atoms with E-state index < -0.39 is 0 Å². The first-order chi connectivity index (χ1) is 10.3. The first-order valence-electron chi connectivity index (χ1n) is 8.67. The van der Waals surface area contributed by atoms with E-state index in [9.17, 15) is 9.59 Å². The third-order valence-electron chi connectivity index (χ3n) is 6.96. The van der Waals surface area contributed by atoms with Crippen molar-refractivity contribution in [2.45, 2.75) is 58.9 Å². The lowest BCUT2D eigenvalue weighted by Gasteiger charge is -2.39. The van der Waals surface area contributed by atoms with Crippen LogP contribution in [0.1, 0.15) is 52.9 Å². The third kappa shape index (κ3) is 2.38. The molecule has 3 rings (SSSR count). The molecule has 1 aliphatic heterocycles. The molecule has 3 fully saturated rings. The summed E-state index contributed by atoms with van der Waals surface area (Å²) in [5.41, 5.74) is 0.463. The fourth-order valence-corrected chi connectivity index (χ4v) is 4.87. The van der Waals surface area contributed by atoms with Crippen LogP contribution in [0, 0.1) is 16.7 Å². The first-order valence-corrected chi connectivity index (χ1v) is 8.67. The highest BCUT2D eigenvalue weighted by Crippen LogP contribution is 2.65. The molecule has 0 spiro atoms. The summed E-state index contributed by atoms with van der Waals surface area (Å²) in [5.74, 6) is 0.737. The monoisotopic (exact) mass is 307 g/mol. The molecule has 3 amide bonds. The van der Waals surface area contributed by atoms with E-state index in [1.54, 1.807) is 0 Å². The number of urea groups is 1. The molecule has 5 nitrogen and oxygen atoms in total. The van der Waals surface area contributed by atoms with E-state index in [2.05, 4.69) is 31.4 Å². The number of amides is 3. The molecule has 1 saturated heterocycles. The average molecular weight is 307 g/mol. The van der Waals surface area contributed by atoms with Gasteiger partial charge < -0.3 is 15.5 Å². The Labute approximate surface area is 133 Å². The van der Waals surface area contributed by atoms with Crippen molar-refractivity contribution in [1.29, 1.82) is 0 Å². The van der Waals surface area contributed by atoms with Gasteiger partial charge >= 0.3 is 6.03 Å². The maximum atomic E-state index is 12.2. The smallest absolute Gasteiger partial charge is 0.315 e. The number of carbonyl (C=O) groups excluding carboxylic acids is 2. The second-order valence-electron chi connectivity index (χ2n) is 8.08. The zero-order chi connectivity index (χ0) is 16.0. The van der Waals surface area contributed by atoms with Crippen molar-refractivity contribution in [3.05, 3.63) is 0 Å². The van der Waals surface area contributed by atoms with Gasteiger partial charge in [-0.15, -0.1) is 0 Å². The molecule has 22 heavy (non-hydrogen) atoms. The summed E-state index contributed by atoms with van der Waals surface area (Å²) in [7, 11) is 0. The number of likely N-dealkylation sites (tertiary alicyclic amines) is 1. The minimum atomic E-state index is -0.192. The molecular formula is C17H29N3O2. The van der Waals surface area contributed by atoms with Gasteiger partial charge in [-0.05, 0) is 48.9 Å². The lowest BCUT2D eigenvalue weighted by molar-refractivity contribution is -0.129. The van der Waals surface area contributed by atoms with Crippen LogP contribution in [0.4, 0.5) is 4.79 Å². The maximum absolute atomic E-state index is 12.2. The molecule has 2 saturated carbocycles. The molecule has 0 aromatic carbocycles. The minimum Gasteiger partial charge on any atom is -0.341 e. The summed E-state index contributed by atoms with van der Waals surface area (Å²) in [4.78, 5) is 26.0. The van der Waals surface area contributed by atoms with Gasteiger partial charge in [-0.25, -0.2) is 4.79 Å². The number of hydrogen-bond donors (Lipinski definition) is 2. The van der Waals surface area contributed by atoms with Gasteiger partial charge in [0.05, 0.1) is 6.54 Å². The van der Waals surface area contributed by atoms with Crippen molar-refractivity contribution >= 4 is 11.9 Å². The Morgan fingerprint density at radius 1 is 1.18 bits per heavy atom. The van der Waals surface area contributed by atoms with E-state index in [1.807, 2.05) is 4.90 Å². The highest BCUT2D eigenvalue weighted by molar-refractivity contribution is 5.84. The van der Waals surface area contributed by atoms with Crippen molar-refractivity contribution in [1.82, 2.24) is 15.5 Å². The summed E-state index contributed by atoms with van der Waals surface area (Å²) in [6.45, 7) is 8.75. The largest absolute Gasteiger partial charge is 0.341 e. The molecule has 124 valence electrons. The lowest BCUT2D eigenvalue weighted by Crippen LogP contribution is -2.51. The van der Waals surface area contributed by atoms with Gasteiger partial charge in [0.25, 0.3) is 0 Å². The third-order valence-corrected chi connectivity index (χ3v) is 6.96. The summed E-state index contributed by atoms with van der Waals surface area (Å²) in [5, 5.41) is 5.88. The molecule has 2 aliphatic carbocycles. The Kier molecular flexibility index (Phi) is 3.86. The molecule has 2 N–H and O–H groups in total. The van der Waals surface area contributed by atoms with E-state index in [4.69, 9.17) is 0 Å². The predicted octanol–water partition coefficient (Wildman–Crippen LogP) is 2.12. The topological polar surface area (TPSA) is 61.4 Å². The fraction of sp³-hybridized carbons (Fsp3) is 0.882. The number of nitrogens with one attached hydrogen (secondary N) is 2. The number of carbonyl (C=O) groups is 2. The van der Waals surface area contributed by atoms with Crippen LogP contribution in [0.15, 0.2) is 0 Å². The quantitative estimate of drug-likeness (QED) is 0.839. The van der Waals surface area contributed by atoms with Gasteiger partial charge in [-0.3, -0.25) is 4.79 Å². The van der Waals surface area contributed by atoms with E-state index in [0.29, 0.717) is 5.92 Å². The van der Waals surface area contributed by atoms with Crippen LogP contribution in [0.25, 0.3) is 0 Å². The molecular weight excluding hydrogens is 278 g/mol. The van der Waals surface area contributed by atoms with Gasteiger partial charge in [-0.2, -0.15) is 0 Å². The summed E-state index contributed by atoms with van der Waals surface area (Å²) >= 11 is 0. The van der Waals surface area contributed by atoms with Crippen LogP contribution in [0.5, 0.6) is 0 Å². The number of hydrogen-bond acceptors (Lipinski definition) is 2. The normalized spacial score (nSPS) is 35.7. The highest BCUT2D eigenvalue weighted by Gasteiger charge is 2.61. The Morgan fingerprint density at radius 2 is 1.86 bits per heavy atom. The lowest BCUT2D eigenvalue weighted by atomic mass is 9.69. The summed E-state index contributed by atoms with van der Waals surface area (Å²) in [6, 6.07) is 0.0326. The van der Waals surface area contributed by atoms with Gasteiger partial charge in [0.2, 0.25) is 5.91 Å². The Balaban J connectivity index is 1.49. The Bertz CT molecular complexity index is 471. The molecule has 5 heteroatoms. The van der Waals surface area contributed by atoms with E-state index in [-0.39, 0.29) is 35.4 Å². The van der Waals surface area contributed by atoms with Gasteiger partial charge in [0, 0.05) is 19.1 Å². The molecule has 3 aliphatic rings. The molecule has 0 aromatic heterocycles. The zero-order valence-electron chi connectivity index (χ0n) is 14.1. The van der Waals surface area contributed by atoms with Gasteiger partial charge in [0.1, 0.15) is 0 Å². The second-order valence-corrected chi connectivity index (χ2v) is 8.08. The maximum Gasteiger partial charge on any atom is 0.315 e.